The van der Waals surface area contributed by atoms with Gasteiger partial charge in [0.25, 0.3) is 0 Å². The lowest BCUT2D eigenvalue weighted by Crippen LogP contribution is -2.14. The fourth-order valence-corrected chi connectivity index (χ4v) is 3.51. The van der Waals surface area contributed by atoms with Crippen LogP contribution in [0.5, 0.6) is 17.2 Å². The van der Waals surface area contributed by atoms with Crippen LogP contribution in [-0.4, -0.2) is 37.1 Å². The van der Waals surface area contributed by atoms with E-state index in [2.05, 4.69) is 4.98 Å². The van der Waals surface area contributed by atoms with Gasteiger partial charge in [-0.25, -0.2) is 9.78 Å². The van der Waals surface area contributed by atoms with Crippen molar-refractivity contribution in [1.29, 1.82) is 0 Å². The average Bonchev–Trinajstić information content (AvgIpc) is 3.26. The summed E-state index contributed by atoms with van der Waals surface area (Å²) in [6.07, 6.45) is 0. The molecule has 1 aromatic heterocycles. The Labute approximate surface area is 184 Å². The van der Waals surface area contributed by atoms with E-state index in [1.54, 1.807) is 31.4 Å². The van der Waals surface area contributed by atoms with Crippen molar-refractivity contribution in [2.75, 3.05) is 20.3 Å². The predicted molar refractivity (Wildman–Crippen MR) is 117 cm³/mol. The molecule has 0 saturated carbocycles. The van der Waals surface area contributed by atoms with Gasteiger partial charge < -0.3 is 18.9 Å². The van der Waals surface area contributed by atoms with Gasteiger partial charge in [0.05, 0.1) is 19.4 Å². The Morgan fingerprint density at radius 1 is 1.03 bits per heavy atom. The van der Waals surface area contributed by atoms with Crippen LogP contribution in [0, 0.1) is 0 Å². The first kappa shape index (κ1) is 22.3. The first-order valence-corrected chi connectivity index (χ1v) is 10.5. The predicted octanol–water partition coefficient (Wildman–Crippen LogP) is 4.54. The van der Waals surface area contributed by atoms with Crippen molar-refractivity contribution >= 4 is 23.1 Å². The smallest absolute Gasteiger partial charge is 0.344 e. The lowest BCUT2D eigenvalue weighted by atomic mass is 10.1. The molecule has 0 spiro atoms. The normalized spacial score (nSPS) is 10.4. The Morgan fingerprint density at radius 2 is 1.81 bits per heavy atom. The van der Waals surface area contributed by atoms with Gasteiger partial charge in [0.1, 0.15) is 17.4 Å². The highest BCUT2D eigenvalue weighted by atomic mass is 32.1. The molecule has 0 radical (unpaired) electrons. The highest BCUT2D eigenvalue weighted by Crippen LogP contribution is 2.33. The van der Waals surface area contributed by atoms with E-state index in [4.69, 9.17) is 18.9 Å². The molecule has 3 aromatic rings. The fraction of sp³-hybridized carbons (Fsp3) is 0.261. The Morgan fingerprint density at radius 3 is 2.48 bits per heavy atom. The Bertz CT molecular complexity index is 1040. The van der Waals surface area contributed by atoms with E-state index in [0.29, 0.717) is 35.1 Å². The van der Waals surface area contributed by atoms with Crippen LogP contribution in [0.25, 0.3) is 10.6 Å². The zero-order valence-electron chi connectivity index (χ0n) is 17.5. The lowest BCUT2D eigenvalue weighted by molar-refractivity contribution is -0.147. The number of carbonyl (C=O) groups is 2. The number of methoxy groups -OCH3 is 1. The molecule has 3 rings (SSSR count). The summed E-state index contributed by atoms with van der Waals surface area (Å²) in [7, 11) is 1.59. The first-order chi connectivity index (χ1) is 15.0. The molecule has 31 heavy (non-hydrogen) atoms. The van der Waals surface area contributed by atoms with Crippen molar-refractivity contribution in [3.05, 3.63) is 59.1 Å². The van der Waals surface area contributed by atoms with Crippen LogP contribution < -0.4 is 14.2 Å². The number of carbonyl (C=O) groups excluding carboxylic acids is 2. The summed E-state index contributed by atoms with van der Waals surface area (Å²) in [4.78, 5) is 27.8. The SMILES string of the molecule is CCOc1ccc(-c2nc(COC(=O)COc3ccc(C(C)=O)cc3)cs2)cc1OC. The third kappa shape index (κ3) is 6.05. The molecule has 0 bridgehead atoms. The Balaban J connectivity index is 1.52. The third-order valence-electron chi connectivity index (χ3n) is 4.26. The zero-order chi connectivity index (χ0) is 22.2. The van der Waals surface area contributed by atoms with Gasteiger partial charge in [-0.1, -0.05) is 0 Å². The van der Waals surface area contributed by atoms with Crippen molar-refractivity contribution < 1.29 is 28.5 Å². The highest BCUT2D eigenvalue weighted by molar-refractivity contribution is 7.13. The number of nitrogens with zero attached hydrogens (tertiary/aromatic N) is 1. The molecular formula is C23H23NO6S. The van der Waals surface area contributed by atoms with Gasteiger partial charge in [0.15, 0.2) is 23.9 Å². The van der Waals surface area contributed by atoms with Gasteiger partial charge in [-0.15, -0.1) is 11.3 Å². The van der Waals surface area contributed by atoms with Crippen LogP contribution in [0.1, 0.15) is 29.9 Å². The van der Waals surface area contributed by atoms with Crippen LogP contribution in [-0.2, 0) is 16.1 Å². The molecule has 162 valence electrons. The number of rotatable bonds is 10. The molecular weight excluding hydrogens is 418 g/mol. The number of esters is 1. The maximum atomic E-state index is 12.0. The number of aromatic nitrogens is 1. The second-order valence-corrected chi connectivity index (χ2v) is 7.33. The summed E-state index contributed by atoms with van der Waals surface area (Å²) in [5.41, 5.74) is 2.12. The molecule has 0 N–H and O–H groups in total. The average molecular weight is 442 g/mol. The van der Waals surface area contributed by atoms with Crippen LogP contribution >= 0.6 is 11.3 Å². The largest absolute Gasteiger partial charge is 0.493 e. The maximum Gasteiger partial charge on any atom is 0.344 e. The molecule has 8 heteroatoms. The van der Waals surface area contributed by atoms with Gasteiger partial charge in [-0.3, -0.25) is 4.79 Å². The molecule has 0 atom stereocenters. The number of ketones is 1. The second kappa shape index (κ2) is 10.6. The summed E-state index contributed by atoms with van der Waals surface area (Å²) in [6, 6.07) is 12.2. The molecule has 2 aromatic carbocycles. The zero-order valence-corrected chi connectivity index (χ0v) is 18.4. The number of benzene rings is 2. The summed E-state index contributed by atoms with van der Waals surface area (Å²) in [5, 5.41) is 2.63. The van der Waals surface area contributed by atoms with Gasteiger partial charge in [-0.2, -0.15) is 0 Å². The number of thiazole rings is 1. The number of Topliss-reactive ketones (excluding diaryl/α,β-unsaturated/α-hetero) is 1. The van der Waals surface area contributed by atoms with E-state index in [1.165, 1.54) is 18.3 Å². The third-order valence-corrected chi connectivity index (χ3v) is 5.20. The minimum absolute atomic E-state index is 0.0303. The van der Waals surface area contributed by atoms with Gasteiger partial charge >= 0.3 is 5.97 Å². The van der Waals surface area contributed by atoms with E-state index < -0.39 is 5.97 Å². The summed E-state index contributed by atoms with van der Waals surface area (Å²) < 4.78 is 21.5. The monoisotopic (exact) mass is 441 g/mol. The molecule has 0 amide bonds. The molecule has 0 fully saturated rings. The lowest BCUT2D eigenvalue weighted by Gasteiger charge is -2.10. The molecule has 0 aliphatic heterocycles. The fourth-order valence-electron chi connectivity index (χ4n) is 2.71. The number of ether oxygens (including phenoxy) is 4. The molecule has 1 heterocycles. The van der Waals surface area contributed by atoms with Crippen molar-refractivity contribution in [1.82, 2.24) is 4.98 Å². The standard InChI is InChI=1S/C23H23NO6S/c1-4-28-20-10-7-17(11-21(20)27-3)23-24-18(14-31-23)12-30-22(26)13-29-19-8-5-16(6-9-19)15(2)25/h5-11,14H,4,12-13H2,1-3H3. The van der Waals surface area contributed by atoms with Crippen LogP contribution in [0.15, 0.2) is 47.8 Å². The van der Waals surface area contributed by atoms with E-state index in [-0.39, 0.29) is 19.0 Å². The van der Waals surface area contributed by atoms with Crippen molar-refractivity contribution in [3.8, 4) is 27.8 Å². The molecule has 0 aliphatic carbocycles. The number of hydrogen-bond acceptors (Lipinski definition) is 8. The topological polar surface area (TPSA) is 84.0 Å². The summed E-state index contributed by atoms with van der Waals surface area (Å²) >= 11 is 1.45. The maximum absolute atomic E-state index is 12.0. The van der Waals surface area contributed by atoms with Gasteiger partial charge in [-0.05, 0) is 56.3 Å². The van der Waals surface area contributed by atoms with E-state index in [0.717, 1.165) is 10.6 Å². The molecule has 7 nitrogen and oxygen atoms in total. The molecule has 0 unspecified atom stereocenters. The quantitative estimate of drug-likeness (QED) is 0.337. The van der Waals surface area contributed by atoms with Crippen molar-refractivity contribution in [2.45, 2.75) is 20.5 Å². The van der Waals surface area contributed by atoms with Crippen LogP contribution in [0.3, 0.4) is 0 Å². The van der Waals surface area contributed by atoms with Crippen LogP contribution in [0.2, 0.25) is 0 Å². The summed E-state index contributed by atoms with van der Waals surface area (Å²) in [6.45, 7) is 3.78. The minimum atomic E-state index is -0.507. The van der Waals surface area contributed by atoms with E-state index in [1.807, 2.05) is 30.5 Å². The molecule has 0 saturated heterocycles. The van der Waals surface area contributed by atoms with Crippen molar-refractivity contribution in [2.24, 2.45) is 0 Å². The van der Waals surface area contributed by atoms with Crippen LogP contribution in [0.4, 0.5) is 0 Å². The highest BCUT2D eigenvalue weighted by Gasteiger charge is 2.12. The Kier molecular flexibility index (Phi) is 7.61. The Hall–Kier alpha value is -3.39. The first-order valence-electron chi connectivity index (χ1n) is 9.65. The molecule has 0 aliphatic rings. The minimum Gasteiger partial charge on any atom is -0.493 e. The second-order valence-electron chi connectivity index (χ2n) is 6.47. The van der Waals surface area contributed by atoms with Crippen molar-refractivity contribution in [3.63, 3.8) is 0 Å². The van der Waals surface area contributed by atoms with E-state index in [9.17, 15) is 9.59 Å². The summed E-state index contributed by atoms with van der Waals surface area (Å²) in [5.74, 6) is 1.26. The van der Waals surface area contributed by atoms with E-state index >= 15 is 0 Å². The van der Waals surface area contributed by atoms with Gasteiger partial charge in [0.2, 0.25) is 0 Å². The van der Waals surface area contributed by atoms with Gasteiger partial charge in [0, 0.05) is 16.5 Å². The number of hydrogen-bond donors (Lipinski definition) is 0.